The number of carbonyl (C=O) groups is 2. The lowest BCUT2D eigenvalue weighted by Gasteiger charge is -2.20. The Bertz CT molecular complexity index is 742. The normalized spacial score (nSPS) is 12.9. The highest BCUT2D eigenvalue weighted by molar-refractivity contribution is 5.98. The number of benzene rings is 2. The molecule has 0 bridgehead atoms. The van der Waals surface area contributed by atoms with Crippen molar-refractivity contribution in [2.75, 3.05) is 6.61 Å². The van der Waals surface area contributed by atoms with Gasteiger partial charge in [0.15, 0.2) is 0 Å². The van der Waals surface area contributed by atoms with Crippen LogP contribution in [0, 0.1) is 0 Å². The maximum absolute atomic E-state index is 12.3. The number of hydroxylamine groups is 1. The predicted octanol–water partition coefficient (Wildman–Crippen LogP) is 0.839. The minimum atomic E-state index is -1.04. The van der Waals surface area contributed by atoms with Crippen LogP contribution in [-0.2, 0) is 11.2 Å². The Morgan fingerprint density at radius 3 is 2.04 bits per heavy atom. The zero-order valence-electron chi connectivity index (χ0n) is 14.5. The number of hydrogen-bond donors (Lipinski definition) is 5. The van der Waals surface area contributed by atoms with E-state index in [1.165, 1.54) is 5.48 Å². The molecular formula is C19H23N3O4. The Hall–Kier alpha value is -2.74. The van der Waals surface area contributed by atoms with Crippen molar-refractivity contribution in [3.8, 4) is 11.1 Å². The molecule has 0 unspecified atom stereocenters. The van der Waals surface area contributed by atoms with Crippen LogP contribution in [0.4, 0.5) is 0 Å². The number of aliphatic hydroxyl groups excluding tert-OH is 1. The Kier molecular flexibility index (Phi) is 6.85. The van der Waals surface area contributed by atoms with Crippen LogP contribution in [-0.4, -0.2) is 40.8 Å². The van der Waals surface area contributed by atoms with Crippen LogP contribution in [0.3, 0.4) is 0 Å². The third-order valence-electron chi connectivity index (χ3n) is 4.04. The largest absolute Gasteiger partial charge is 0.396 e. The van der Waals surface area contributed by atoms with Gasteiger partial charge >= 0.3 is 0 Å². The van der Waals surface area contributed by atoms with Gasteiger partial charge in [-0.05, 0) is 42.2 Å². The van der Waals surface area contributed by atoms with Gasteiger partial charge in [-0.15, -0.1) is 0 Å². The van der Waals surface area contributed by atoms with Crippen molar-refractivity contribution >= 4 is 11.8 Å². The maximum atomic E-state index is 12.3. The van der Waals surface area contributed by atoms with Gasteiger partial charge < -0.3 is 16.2 Å². The molecule has 0 saturated heterocycles. The molecule has 6 N–H and O–H groups in total. The lowest BCUT2D eigenvalue weighted by atomic mass is 10.0. The number of nitrogens with one attached hydrogen (secondary N) is 2. The van der Waals surface area contributed by atoms with Gasteiger partial charge in [-0.3, -0.25) is 14.8 Å². The summed E-state index contributed by atoms with van der Waals surface area (Å²) >= 11 is 0. The van der Waals surface area contributed by atoms with Crippen molar-refractivity contribution in [2.45, 2.75) is 25.4 Å². The van der Waals surface area contributed by atoms with E-state index >= 15 is 0 Å². The maximum Gasteiger partial charge on any atom is 0.267 e. The minimum Gasteiger partial charge on any atom is -0.396 e. The van der Waals surface area contributed by atoms with E-state index in [0.29, 0.717) is 12.0 Å². The molecular weight excluding hydrogens is 334 g/mol. The molecule has 2 aromatic rings. The average Bonchev–Trinajstić information content (AvgIpc) is 2.66. The van der Waals surface area contributed by atoms with Crippen LogP contribution < -0.4 is 16.5 Å². The molecule has 138 valence electrons. The van der Waals surface area contributed by atoms with E-state index in [1.807, 2.05) is 36.4 Å². The summed E-state index contributed by atoms with van der Waals surface area (Å²) in [6, 6.07) is 13.0. The SMILES string of the molecule is C[C@@H](N)[C@H](NC(=O)c1ccc(-c2ccc(CCO)cc2)cc1)C(=O)NO. The zero-order chi connectivity index (χ0) is 19.1. The topological polar surface area (TPSA) is 125 Å². The molecule has 0 aromatic heterocycles. The van der Waals surface area contributed by atoms with Crippen molar-refractivity contribution in [1.29, 1.82) is 0 Å². The Balaban J connectivity index is 2.10. The number of hydrogen-bond acceptors (Lipinski definition) is 5. The van der Waals surface area contributed by atoms with E-state index in [9.17, 15) is 9.59 Å². The fourth-order valence-corrected chi connectivity index (χ4v) is 2.54. The zero-order valence-corrected chi connectivity index (χ0v) is 14.5. The first-order valence-electron chi connectivity index (χ1n) is 8.27. The predicted molar refractivity (Wildman–Crippen MR) is 97.5 cm³/mol. The molecule has 26 heavy (non-hydrogen) atoms. The molecule has 0 spiro atoms. The van der Waals surface area contributed by atoms with E-state index in [1.54, 1.807) is 19.1 Å². The van der Waals surface area contributed by atoms with Gasteiger partial charge in [0.2, 0.25) is 0 Å². The standard InChI is InChI=1S/C19H23N3O4/c1-12(20)17(19(25)22-26)21-18(24)16-8-6-15(7-9-16)14-4-2-13(3-5-14)10-11-23/h2-9,12,17,23,26H,10-11,20H2,1H3,(H,21,24)(H,22,25)/t12-,17+/m1/s1. The summed E-state index contributed by atoms with van der Waals surface area (Å²) in [6.45, 7) is 1.67. The molecule has 0 aliphatic heterocycles. The van der Waals surface area contributed by atoms with Gasteiger partial charge in [0, 0.05) is 18.2 Å². The van der Waals surface area contributed by atoms with Crippen molar-refractivity contribution in [1.82, 2.24) is 10.8 Å². The second-order valence-corrected chi connectivity index (χ2v) is 6.03. The van der Waals surface area contributed by atoms with Crippen molar-refractivity contribution in [3.05, 3.63) is 59.7 Å². The van der Waals surface area contributed by atoms with Gasteiger partial charge in [-0.1, -0.05) is 36.4 Å². The number of aliphatic hydroxyl groups is 1. The first-order chi connectivity index (χ1) is 12.5. The van der Waals surface area contributed by atoms with Crippen molar-refractivity contribution in [3.63, 3.8) is 0 Å². The molecule has 7 nitrogen and oxygen atoms in total. The highest BCUT2D eigenvalue weighted by Crippen LogP contribution is 2.20. The molecule has 2 atom stereocenters. The highest BCUT2D eigenvalue weighted by atomic mass is 16.5. The van der Waals surface area contributed by atoms with Crippen LogP contribution in [0.25, 0.3) is 11.1 Å². The average molecular weight is 357 g/mol. The van der Waals surface area contributed by atoms with Crippen LogP contribution in [0.15, 0.2) is 48.5 Å². The molecule has 2 rings (SSSR count). The lowest BCUT2D eigenvalue weighted by Crippen LogP contribution is -2.54. The summed E-state index contributed by atoms with van der Waals surface area (Å²) in [5, 5.41) is 20.2. The second-order valence-electron chi connectivity index (χ2n) is 6.03. The summed E-state index contributed by atoms with van der Waals surface area (Å²) in [5.74, 6) is -1.23. The molecule has 2 amide bonds. The highest BCUT2D eigenvalue weighted by Gasteiger charge is 2.24. The molecule has 0 saturated carbocycles. The fraction of sp³-hybridized carbons (Fsp3) is 0.263. The molecule has 0 fully saturated rings. The molecule has 0 heterocycles. The number of rotatable bonds is 7. The van der Waals surface area contributed by atoms with Gasteiger partial charge in [-0.2, -0.15) is 0 Å². The Morgan fingerprint density at radius 1 is 1.04 bits per heavy atom. The Morgan fingerprint density at radius 2 is 1.58 bits per heavy atom. The van der Waals surface area contributed by atoms with Gasteiger partial charge in [0.25, 0.3) is 11.8 Å². The van der Waals surface area contributed by atoms with E-state index in [-0.39, 0.29) is 6.61 Å². The Labute approximate surface area is 151 Å². The number of carbonyl (C=O) groups excluding carboxylic acids is 2. The number of amides is 2. The fourth-order valence-electron chi connectivity index (χ4n) is 2.54. The monoisotopic (exact) mass is 357 g/mol. The minimum absolute atomic E-state index is 0.111. The van der Waals surface area contributed by atoms with Crippen molar-refractivity contribution in [2.24, 2.45) is 5.73 Å². The first kappa shape index (κ1) is 19.6. The molecule has 7 heteroatoms. The first-order valence-corrected chi connectivity index (χ1v) is 8.27. The summed E-state index contributed by atoms with van der Waals surface area (Å²) in [5.41, 5.74) is 10.5. The number of nitrogens with two attached hydrogens (primary N) is 1. The van der Waals surface area contributed by atoms with Gasteiger partial charge in [0.05, 0.1) is 0 Å². The molecule has 0 aliphatic rings. The second kappa shape index (κ2) is 9.10. The van der Waals surface area contributed by atoms with Gasteiger partial charge in [0.1, 0.15) is 6.04 Å². The summed E-state index contributed by atoms with van der Waals surface area (Å²) < 4.78 is 0. The van der Waals surface area contributed by atoms with Crippen LogP contribution in [0.1, 0.15) is 22.8 Å². The quantitative estimate of drug-likeness (QED) is 0.371. The molecule has 2 aromatic carbocycles. The van der Waals surface area contributed by atoms with E-state index in [2.05, 4.69) is 5.32 Å². The summed E-state index contributed by atoms with van der Waals surface area (Å²) in [7, 11) is 0. The van der Waals surface area contributed by atoms with Gasteiger partial charge in [-0.25, -0.2) is 5.48 Å². The van der Waals surface area contributed by atoms with Crippen LogP contribution >= 0.6 is 0 Å². The summed E-state index contributed by atoms with van der Waals surface area (Å²) in [6.07, 6.45) is 0.613. The smallest absolute Gasteiger partial charge is 0.267 e. The third-order valence-corrected chi connectivity index (χ3v) is 4.04. The molecule has 0 radical (unpaired) electrons. The van der Waals surface area contributed by atoms with E-state index in [4.69, 9.17) is 16.0 Å². The van der Waals surface area contributed by atoms with Crippen molar-refractivity contribution < 1.29 is 19.9 Å². The van der Waals surface area contributed by atoms with Crippen LogP contribution in [0.2, 0.25) is 0 Å². The van der Waals surface area contributed by atoms with E-state index < -0.39 is 23.9 Å². The van der Waals surface area contributed by atoms with E-state index in [0.717, 1.165) is 16.7 Å². The molecule has 0 aliphatic carbocycles. The third kappa shape index (κ3) is 4.89. The van der Waals surface area contributed by atoms with Crippen LogP contribution in [0.5, 0.6) is 0 Å². The lowest BCUT2D eigenvalue weighted by molar-refractivity contribution is -0.131. The summed E-state index contributed by atoms with van der Waals surface area (Å²) in [4.78, 5) is 23.9.